The molecule has 1 aliphatic heterocycles. The van der Waals surface area contributed by atoms with Crippen LogP contribution in [0.5, 0.6) is 0 Å². The zero-order chi connectivity index (χ0) is 18.0. The molecule has 0 aromatic carbocycles. The minimum Gasteiger partial charge on any atom is -0.353 e. The number of nitrogens with zero attached hydrogens (tertiary/aromatic N) is 2. The lowest BCUT2D eigenvalue weighted by Crippen LogP contribution is -2.51. The SMILES string of the molecule is O=C(NC1CCC2(CCC(=O)N2Cc2ccncc2)CC1)C1CC=CC1. The first-order valence-corrected chi connectivity index (χ1v) is 9.81. The highest BCUT2D eigenvalue weighted by Crippen LogP contribution is 2.43. The van der Waals surface area contributed by atoms with Gasteiger partial charge in [0.25, 0.3) is 0 Å². The maximum atomic E-state index is 12.5. The highest BCUT2D eigenvalue weighted by molar-refractivity contribution is 5.80. The van der Waals surface area contributed by atoms with Gasteiger partial charge in [0.15, 0.2) is 0 Å². The van der Waals surface area contributed by atoms with Gasteiger partial charge in [0.2, 0.25) is 11.8 Å². The Morgan fingerprint density at radius 2 is 1.85 bits per heavy atom. The van der Waals surface area contributed by atoms with Gasteiger partial charge in [-0.1, -0.05) is 12.2 Å². The van der Waals surface area contributed by atoms with Gasteiger partial charge in [-0.2, -0.15) is 0 Å². The van der Waals surface area contributed by atoms with E-state index in [1.165, 1.54) is 0 Å². The molecular formula is C21H27N3O2. The van der Waals surface area contributed by atoms with Crippen LogP contribution in [0.15, 0.2) is 36.7 Å². The van der Waals surface area contributed by atoms with Crippen LogP contribution in [0, 0.1) is 5.92 Å². The van der Waals surface area contributed by atoms with Crippen molar-refractivity contribution in [3.05, 3.63) is 42.2 Å². The van der Waals surface area contributed by atoms with Crippen LogP contribution in [0.4, 0.5) is 0 Å². The summed E-state index contributed by atoms with van der Waals surface area (Å²) in [6, 6.07) is 4.23. The van der Waals surface area contributed by atoms with Crippen LogP contribution in [0.1, 0.15) is 56.9 Å². The molecule has 1 saturated carbocycles. The number of carbonyl (C=O) groups is 2. The molecule has 2 amide bonds. The molecule has 1 aromatic rings. The summed E-state index contributed by atoms with van der Waals surface area (Å²) < 4.78 is 0. The number of likely N-dealkylation sites (tertiary alicyclic amines) is 1. The van der Waals surface area contributed by atoms with Gasteiger partial charge in [-0.05, 0) is 62.6 Å². The molecule has 2 heterocycles. The molecule has 2 aliphatic carbocycles. The summed E-state index contributed by atoms with van der Waals surface area (Å²) in [5, 5.41) is 3.25. The number of hydrogen-bond acceptors (Lipinski definition) is 3. The number of aromatic nitrogens is 1. The topological polar surface area (TPSA) is 62.3 Å². The lowest BCUT2D eigenvalue weighted by molar-refractivity contribution is -0.133. The van der Waals surface area contributed by atoms with Gasteiger partial charge in [0, 0.05) is 42.9 Å². The van der Waals surface area contributed by atoms with Crippen molar-refractivity contribution >= 4 is 11.8 Å². The fourth-order valence-electron chi connectivity index (χ4n) is 4.77. The summed E-state index contributed by atoms with van der Waals surface area (Å²) in [6.45, 7) is 0.673. The predicted octanol–water partition coefficient (Wildman–Crippen LogP) is 2.97. The molecule has 5 nitrogen and oxygen atoms in total. The summed E-state index contributed by atoms with van der Waals surface area (Å²) in [6.07, 6.45) is 15.0. The molecule has 4 rings (SSSR count). The average molecular weight is 353 g/mol. The maximum absolute atomic E-state index is 12.5. The Labute approximate surface area is 154 Å². The van der Waals surface area contributed by atoms with Crippen molar-refractivity contribution in [1.29, 1.82) is 0 Å². The molecule has 5 heteroatoms. The minimum absolute atomic E-state index is 0.0174. The Kier molecular flexibility index (Phi) is 4.79. The standard InChI is InChI=1S/C21H27N3O2/c25-19-7-12-21(24(19)15-16-8-13-22-14-9-16)10-5-18(6-11-21)23-20(26)17-3-1-2-4-17/h1-2,8-9,13-14,17-18H,3-7,10-12,15H2,(H,23,26). The van der Waals surface area contributed by atoms with Crippen LogP contribution in [0.25, 0.3) is 0 Å². The number of allylic oxidation sites excluding steroid dienone is 2. The first kappa shape index (κ1) is 17.3. The smallest absolute Gasteiger partial charge is 0.223 e. The van der Waals surface area contributed by atoms with Crippen LogP contribution < -0.4 is 5.32 Å². The summed E-state index contributed by atoms with van der Waals surface area (Å²) in [5.41, 5.74) is 1.12. The van der Waals surface area contributed by atoms with Crippen LogP contribution in [-0.4, -0.2) is 33.3 Å². The molecule has 0 unspecified atom stereocenters. The highest BCUT2D eigenvalue weighted by atomic mass is 16.2. The third-order valence-electron chi connectivity index (χ3n) is 6.41. The molecule has 0 bridgehead atoms. The number of amides is 2. The molecule has 0 atom stereocenters. The second-order valence-electron chi connectivity index (χ2n) is 7.98. The lowest BCUT2D eigenvalue weighted by atomic mass is 9.77. The van der Waals surface area contributed by atoms with Crippen molar-refractivity contribution in [3.8, 4) is 0 Å². The predicted molar refractivity (Wildman–Crippen MR) is 99.0 cm³/mol. The number of nitrogens with one attached hydrogen (secondary N) is 1. The lowest BCUT2D eigenvalue weighted by Gasteiger charge is -2.44. The zero-order valence-corrected chi connectivity index (χ0v) is 15.2. The van der Waals surface area contributed by atoms with E-state index in [1.807, 2.05) is 12.1 Å². The average Bonchev–Trinajstić information content (AvgIpc) is 3.30. The van der Waals surface area contributed by atoms with E-state index in [1.54, 1.807) is 12.4 Å². The van der Waals surface area contributed by atoms with Gasteiger partial charge < -0.3 is 10.2 Å². The third kappa shape index (κ3) is 3.39. The van der Waals surface area contributed by atoms with E-state index in [0.29, 0.717) is 13.0 Å². The van der Waals surface area contributed by atoms with E-state index in [9.17, 15) is 9.59 Å². The van der Waals surface area contributed by atoms with E-state index >= 15 is 0 Å². The van der Waals surface area contributed by atoms with Crippen molar-refractivity contribution in [3.63, 3.8) is 0 Å². The quantitative estimate of drug-likeness (QED) is 0.847. The molecular weight excluding hydrogens is 326 g/mol. The second kappa shape index (κ2) is 7.22. The minimum atomic E-state index is -0.0174. The molecule has 1 spiro atoms. The number of hydrogen-bond donors (Lipinski definition) is 1. The fraction of sp³-hybridized carbons (Fsp3) is 0.571. The number of pyridine rings is 1. The van der Waals surface area contributed by atoms with Gasteiger partial charge in [0.1, 0.15) is 0 Å². The van der Waals surface area contributed by atoms with Crippen LogP contribution in [0.2, 0.25) is 0 Å². The van der Waals surface area contributed by atoms with Gasteiger partial charge >= 0.3 is 0 Å². The Morgan fingerprint density at radius 3 is 2.54 bits per heavy atom. The summed E-state index contributed by atoms with van der Waals surface area (Å²) in [4.78, 5) is 31.0. The highest BCUT2D eigenvalue weighted by Gasteiger charge is 2.47. The van der Waals surface area contributed by atoms with E-state index < -0.39 is 0 Å². The van der Waals surface area contributed by atoms with Crippen molar-refractivity contribution in [2.45, 2.75) is 69.5 Å². The molecule has 1 saturated heterocycles. The molecule has 1 aromatic heterocycles. The molecule has 3 aliphatic rings. The Hall–Kier alpha value is -2.17. The fourth-order valence-corrected chi connectivity index (χ4v) is 4.77. The second-order valence-corrected chi connectivity index (χ2v) is 7.98. The number of carbonyl (C=O) groups excluding carboxylic acids is 2. The van der Waals surface area contributed by atoms with Crippen LogP contribution >= 0.6 is 0 Å². The largest absolute Gasteiger partial charge is 0.353 e. The van der Waals surface area contributed by atoms with Gasteiger partial charge in [0.05, 0.1) is 0 Å². The molecule has 1 N–H and O–H groups in total. The first-order chi connectivity index (χ1) is 12.7. The summed E-state index contributed by atoms with van der Waals surface area (Å²) in [7, 11) is 0. The van der Waals surface area contributed by atoms with Gasteiger partial charge in [-0.3, -0.25) is 14.6 Å². The third-order valence-corrected chi connectivity index (χ3v) is 6.41. The van der Waals surface area contributed by atoms with Crippen molar-refractivity contribution in [2.75, 3.05) is 0 Å². The van der Waals surface area contributed by atoms with Gasteiger partial charge in [-0.15, -0.1) is 0 Å². The van der Waals surface area contributed by atoms with Crippen LogP contribution in [-0.2, 0) is 16.1 Å². The van der Waals surface area contributed by atoms with E-state index in [2.05, 4.69) is 27.4 Å². The van der Waals surface area contributed by atoms with Crippen LogP contribution in [0.3, 0.4) is 0 Å². The Balaban J connectivity index is 1.37. The van der Waals surface area contributed by atoms with E-state index in [4.69, 9.17) is 0 Å². The molecule has 2 fully saturated rings. The Morgan fingerprint density at radius 1 is 1.15 bits per heavy atom. The summed E-state index contributed by atoms with van der Waals surface area (Å²) >= 11 is 0. The van der Waals surface area contributed by atoms with Crippen molar-refractivity contribution in [2.24, 2.45) is 5.92 Å². The monoisotopic (exact) mass is 353 g/mol. The molecule has 0 radical (unpaired) electrons. The Bertz CT molecular complexity index is 684. The van der Waals surface area contributed by atoms with E-state index in [0.717, 1.165) is 50.5 Å². The van der Waals surface area contributed by atoms with Crippen molar-refractivity contribution < 1.29 is 9.59 Å². The summed E-state index contributed by atoms with van der Waals surface area (Å²) in [5.74, 6) is 0.593. The number of rotatable bonds is 4. The maximum Gasteiger partial charge on any atom is 0.223 e. The zero-order valence-electron chi connectivity index (χ0n) is 15.2. The molecule has 138 valence electrons. The molecule has 26 heavy (non-hydrogen) atoms. The van der Waals surface area contributed by atoms with Gasteiger partial charge in [-0.25, -0.2) is 0 Å². The normalized spacial score (nSPS) is 28.8. The first-order valence-electron chi connectivity index (χ1n) is 9.81. The van der Waals surface area contributed by atoms with Crippen molar-refractivity contribution in [1.82, 2.24) is 15.2 Å². The van der Waals surface area contributed by atoms with E-state index in [-0.39, 0.29) is 29.3 Å².